The normalized spacial score (nSPS) is 10.4. The minimum atomic E-state index is 0.454. The van der Waals surface area contributed by atoms with E-state index in [9.17, 15) is 0 Å². The molecule has 0 N–H and O–H groups in total. The molecule has 0 fully saturated rings. The fourth-order valence-electron chi connectivity index (χ4n) is 1.56. The Morgan fingerprint density at radius 1 is 1.31 bits per heavy atom. The van der Waals surface area contributed by atoms with E-state index in [1.165, 1.54) is 0 Å². The van der Waals surface area contributed by atoms with E-state index in [2.05, 4.69) is 21.9 Å². The van der Waals surface area contributed by atoms with Gasteiger partial charge >= 0.3 is 0 Å². The molecule has 2 aromatic rings. The molecule has 0 unspecified atom stereocenters. The number of aryl methyl sites for hydroxylation is 2. The van der Waals surface area contributed by atoms with Gasteiger partial charge in [0.05, 0.1) is 0 Å². The second-order valence-electron chi connectivity index (χ2n) is 3.52. The highest BCUT2D eigenvalue weighted by molar-refractivity contribution is 6.29. The summed E-state index contributed by atoms with van der Waals surface area (Å²) in [5, 5.41) is 0.454. The van der Waals surface area contributed by atoms with Crippen molar-refractivity contribution in [2.45, 2.75) is 20.3 Å². The van der Waals surface area contributed by atoms with Crippen molar-refractivity contribution in [1.29, 1.82) is 0 Å². The minimum Gasteiger partial charge on any atom is -0.253 e. The maximum Gasteiger partial charge on any atom is 0.180 e. The van der Waals surface area contributed by atoms with Gasteiger partial charge < -0.3 is 0 Å². The lowest BCUT2D eigenvalue weighted by molar-refractivity contribution is 1.05. The number of nitrogens with zero attached hydrogens (tertiary/aromatic N) is 3. The number of halogens is 1. The van der Waals surface area contributed by atoms with Crippen molar-refractivity contribution in [3.05, 3.63) is 40.8 Å². The lowest BCUT2D eigenvalue weighted by Crippen LogP contribution is -1.98. The van der Waals surface area contributed by atoms with Crippen LogP contribution in [0, 0.1) is 6.92 Å². The molecular formula is C12H12ClN3. The monoisotopic (exact) mass is 233 g/mol. The number of hydrogen-bond acceptors (Lipinski definition) is 3. The molecular weight excluding hydrogens is 222 g/mol. The molecule has 0 saturated carbocycles. The molecule has 0 aliphatic heterocycles. The lowest BCUT2D eigenvalue weighted by Gasteiger charge is -2.05. The van der Waals surface area contributed by atoms with Crippen LogP contribution < -0.4 is 0 Å². The number of aromatic nitrogens is 3. The van der Waals surface area contributed by atoms with Crippen LogP contribution >= 0.6 is 11.6 Å². The van der Waals surface area contributed by atoms with Crippen LogP contribution in [0.15, 0.2) is 24.4 Å². The zero-order valence-electron chi connectivity index (χ0n) is 9.24. The van der Waals surface area contributed by atoms with Crippen molar-refractivity contribution in [2.75, 3.05) is 0 Å². The van der Waals surface area contributed by atoms with Crippen molar-refractivity contribution in [2.24, 2.45) is 0 Å². The van der Waals surface area contributed by atoms with Gasteiger partial charge in [-0.1, -0.05) is 24.6 Å². The molecule has 2 heterocycles. The second kappa shape index (κ2) is 4.58. The summed E-state index contributed by atoms with van der Waals surface area (Å²) in [6, 6.07) is 5.68. The first-order valence-corrected chi connectivity index (χ1v) is 5.54. The Kier molecular flexibility index (Phi) is 3.15. The summed E-state index contributed by atoms with van der Waals surface area (Å²) in [5.41, 5.74) is 2.79. The lowest BCUT2D eigenvalue weighted by atomic mass is 10.1. The summed E-state index contributed by atoms with van der Waals surface area (Å²) in [6.45, 7) is 3.98. The van der Waals surface area contributed by atoms with Crippen LogP contribution in [0.4, 0.5) is 0 Å². The number of hydrogen-bond donors (Lipinski definition) is 0. The quantitative estimate of drug-likeness (QED) is 0.749. The first-order valence-electron chi connectivity index (χ1n) is 5.16. The predicted octanol–water partition coefficient (Wildman–Crippen LogP) is 3.06. The average Bonchev–Trinajstić information content (AvgIpc) is 2.27. The zero-order valence-corrected chi connectivity index (χ0v) is 9.99. The molecule has 0 spiro atoms. The summed E-state index contributed by atoms with van der Waals surface area (Å²) in [4.78, 5) is 12.9. The highest BCUT2D eigenvalue weighted by Gasteiger charge is 2.09. The first kappa shape index (κ1) is 11.0. The summed E-state index contributed by atoms with van der Waals surface area (Å²) in [5.74, 6) is 0.599. The molecule has 0 aliphatic rings. The summed E-state index contributed by atoms with van der Waals surface area (Å²) < 4.78 is 0. The molecule has 0 aliphatic carbocycles. The van der Waals surface area contributed by atoms with Crippen LogP contribution in [0.3, 0.4) is 0 Å². The largest absolute Gasteiger partial charge is 0.253 e. The SMILES string of the molecule is CCc1cccnc1-c1nc(C)cc(Cl)n1. The van der Waals surface area contributed by atoms with E-state index < -0.39 is 0 Å². The van der Waals surface area contributed by atoms with E-state index in [-0.39, 0.29) is 0 Å². The summed E-state index contributed by atoms with van der Waals surface area (Å²) in [7, 11) is 0. The van der Waals surface area contributed by atoms with Gasteiger partial charge in [0, 0.05) is 11.9 Å². The van der Waals surface area contributed by atoms with E-state index in [1.807, 2.05) is 19.1 Å². The van der Waals surface area contributed by atoms with Gasteiger partial charge in [0.1, 0.15) is 10.8 Å². The van der Waals surface area contributed by atoms with Crippen LogP contribution in [0.25, 0.3) is 11.5 Å². The fourth-order valence-corrected chi connectivity index (χ4v) is 1.80. The average molecular weight is 234 g/mol. The van der Waals surface area contributed by atoms with E-state index in [0.29, 0.717) is 11.0 Å². The van der Waals surface area contributed by atoms with Gasteiger partial charge in [-0.3, -0.25) is 4.98 Å². The Balaban J connectivity index is 2.58. The van der Waals surface area contributed by atoms with Gasteiger partial charge in [0.15, 0.2) is 5.82 Å². The third kappa shape index (κ3) is 2.19. The molecule has 0 aromatic carbocycles. The Bertz CT molecular complexity index is 491. The van der Waals surface area contributed by atoms with Crippen molar-refractivity contribution in [3.63, 3.8) is 0 Å². The molecule has 3 nitrogen and oxygen atoms in total. The van der Waals surface area contributed by atoms with Gasteiger partial charge in [0.2, 0.25) is 0 Å². The predicted molar refractivity (Wildman–Crippen MR) is 64.4 cm³/mol. The Morgan fingerprint density at radius 3 is 2.81 bits per heavy atom. The third-order valence-electron chi connectivity index (χ3n) is 2.31. The molecule has 0 saturated heterocycles. The van der Waals surface area contributed by atoms with Crippen molar-refractivity contribution in [3.8, 4) is 11.5 Å². The minimum absolute atomic E-state index is 0.454. The van der Waals surface area contributed by atoms with Crippen LogP contribution in [0.2, 0.25) is 5.15 Å². The molecule has 2 aromatic heterocycles. The standard InChI is InChI=1S/C12H12ClN3/c1-3-9-5-4-6-14-11(9)12-15-8(2)7-10(13)16-12/h4-7H,3H2,1-2H3. The summed E-state index contributed by atoms with van der Waals surface area (Å²) in [6.07, 6.45) is 2.65. The van der Waals surface area contributed by atoms with E-state index >= 15 is 0 Å². The molecule has 0 bridgehead atoms. The van der Waals surface area contributed by atoms with Crippen LogP contribution in [-0.4, -0.2) is 15.0 Å². The van der Waals surface area contributed by atoms with Crippen LogP contribution in [-0.2, 0) is 6.42 Å². The van der Waals surface area contributed by atoms with E-state index in [4.69, 9.17) is 11.6 Å². The highest BCUT2D eigenvalue weighted by Crippen LogP contribution is 2.19. The Hall–Kier alpha value is -1.48. The number of pyridine rings is 1. The van der Waals surface area contributed by atoms with E-state index in [1.54, 1.807) is 12.3 Å². The summed E-state index contributed by atoms with van der Waals surface area (Å²) >= 11 is 5.92. The number of rotatable bonds is 2. The van der Waals surface area contributed by atoms with Gasteiger partial charge in [-0.05, 0) is 31.0 Å². The zero-order chi connectivity index (χ0) is 11.5. The van der Waals surface area contributed by atoms with Gasteiger partial charge in [0.25, 0.3) is 0 Å². The van der Waals surface area contributed by atoms with Crippen LogP contribution in [0.5, 0.6) is 0 Å². The van der Waals surface area contributed by atoms with Crippen molar-refractivity contribution >= 4 is 11.6 Å². The second-order valence-corrected chi connectivity index (χ2v) is 3.91. The maximum atomic E-state index is 5.92. The molecule has 82 valence electrons. The third-order valence-corrected chi connectivity index (χ3v) is 2.50. The molecule has 16 heavy (non-hydrogen) atoms. The van der Waals surface area contributed by atoms with Gasteiger partial charge in [-0.15, -0.1) is 0 Å². The molecule has 0 atom stereocenters. The first-order chi connectivity index (χ1) is 7.70. The maximum absolute atomic E-state index is 5.92. The van der Waals surface area contributed by atoms with Crippen molar-refractivity contribution in [1.82, 2.24) is 15.0 Å². The van der Waals surface area contributed by atoms with Crippen LogP contribution in [0.1, 0.15) is 18.2 Å². The van der Waals surface area contributed by atoms with Crippen molar-refractivity contribution < 1.29 is 0 Å². The fraction of sp³-hybridized carbons (Fsp3) is 0.250. The topological polar surface area (TPSA) is 38.7 Å². The van der Waals surface area contributed by atoms with E-state index in [0.717, 1.165) is 23.4 Å². The Labute approximate surface area is 99.5 Å². The van der Waals surface area contributed by atoms with Gasteiger partial charge in [-0.2, -0.15) is 0 Å². The Morgan fingerprint density at radius 2 is 2.12 bits per heavy atom. The molecule has 0 amide bonds. The highest BCUT2D eigenvalue weighted by atomic mass is 35.5. The molecule has 0 radical (unpaired) electrons. The molecule has 4 heteroatoms. The molecule has 2 rings (SSSR count). The van der Waals surface area contributed by atoms with Gasteiger partial charge in [-0.25, -0.2) is 9.97 Å². The smallest absolute Gasteiger partial charge is 0.180 e.